The third kappa shape index (κ3) is 2.49. The molecule has 0 unspecified atom stereocenters. The number of thioether (sulfide) groups is 1. The average Bonchev–Trinajstić information content (AvgIpc) is 2.80. The van der Waals surface area contributed by atoms with E-state index in [1.165, 1.54) is 11.8 Å². The fourth-order valence-electron chi connectivity index (χ4n) is 1.30. The van der Waals surface area contributed by atoms with Crippen molar-refractivity contribution >= 4 is 17.4 Å². The number of oxazole rings is 1. The first-order valence-corrected chi connectivity index (χ1v) is 5.73. The summed E-state index contributed by atoms with van der Waals surface area (Å²) in [7, 11) is 1.63. The maximum absolute atomic E-state index is 5.68. The molecule has 0 saturated heterocycles. The van der Waals surface area contributed by atoms with Crippen LogP contribution in [0.1, 0.15) is 5.56 Å². The van der Waals surface area contributed by atoms with E-state index in [9.17, 15) is 0 Å². The third-order valence-electron chi connectivity index (χ3n) is 2.07. The number of anilines is 1. The Morgan fingerprint density at radius 3 is 3.06 bits per heavy atom. The molecule has 1 aromatic carbocycles. The summed E-state index contributed by atoms with van der Waals surface area (Å²) in [5.41, 5.74) is 7.44. The molecular weight excluding hydrogens is 224 g/mol. The van der Waals surface area contributed by atoms with Gasteiger partial charge in [0.05, 0.1) is 13.3 Å². The number of hydrogen-bond donors (Lipinski definition) is 1. The maximum Gasteiger partial charge on any atom is 0.255 e. The molecule has 5 heteroatoms. The molecule has 0 aliphatic carbocycles. The zero-order valence-electron chi connectivity index (χ0n) is 8.84. The van der Waals surface area contributed by atoms with Crippen LogP contribution in [0, 0.1) is 0 Å². The monoisotopic (exact) mass is 236 g/mol. The molecular formula is C11H12N2O2S. The van der Waals surface area contributed by atoms with Gasteiger partial charge >= 0.3 is 0 Å². The van der Waals surface area contributed by atoms with Gasteiger partial charge in [0, 0.05) is 23.1 Å². The van der Waals surface area contributed by atoms with Gasteiger partial charge in [0.2, 0.25) is 0 Å². The van der Waals surface area contributed by atoms with Crippen LogP contribution in [0.5, 0.6) is 5.75 Å². The number of aromatic nitrogens is 1. The van der Waals surface area contributed by atoms with Gasteiger partial charge in [-0.2, -0.15) is 0 Å². The van der Waals surface area contributed by atoms with E-state index in [1.807, 2.05) is 18.2 Å². The van der Waals surface area contributed by atoms with Crippen LogP contribution in [-0.2, 0) is 5.75 Å². The Morgan fingerprint density at radius 2 is 2.38 bits per heavy atom. The highest BCUT2D eigenvalue weighted by Crippen LogP contribution is 2.28. The molecule has 0 fully saturated rings. The Morgan fingerprint density at radius 1 is 1.50 bits per heavy atom. The molecule has 0 atom stereocenters. The van der Waals surface area contributed by atoms with Gasteiger partial charge in [-0.1, -0.05) is 17.8 Å². The minimum Gasteiger partial charge on any atom is -0.496 e. The maximum atomic E-state index is 5.68. The van der Waals surface area contributed by atoms with Gasteiger partial charge in [0.25, 0.3) is 5.22 Å². The van der Waals surface area contributed by atoms with Crippen LogP contribution in [0.3, 0.4) is 0 Å². The number of rotatable bonds is 4. The third-order valence-corrected chi connectivity index (χ3v) is 2.98. The lowest BCUT2D eigenvalue weighted by Gasteiger charge is -2.07. The van der Waals surface area contributed by atoms with Crippen molar-refractivity contribution in [1.82, 2.24) is 4.98 Å². The minimum atomic E-state index is 0.652. The Balaban J connectivity index is 2.09. The zero-order chi connectivity index (χ0) is 11.4. The Labute approximate surface area is 97.8 Å². The Kier molecular flexibility index (Phi) is 3.36. The largest absolute Gasteiger partial charge is 0.496 e. The zero-order valence-corrected chi connectivity index (χ0v) is 9.66. The number of nitrogen functional groups attached to an aromatic ring is 1. The van der Waals surface area contributed by atoms with E-state index in [2.05, 4.69) is 4.98 Å². The highest BCUT2D eigenvalue weighted by molar-refractivity contribution is 7.98. The first-order valence-electron chi connectivity index (χ1n) is 4.74. The van der Waals surface area contributed by atoms with Gasteiger partial charge in [-0.15, -0.1) is 0 Å². The van der Waals surface area contributed by atoms with Crippen LogP contribution in [0.15, 0.2) is 40.3 Å². The van der Waals surface area contributed by atoms with Gasteiger partial charge in [-0.3, -0.25) is 0 Å². The molecule has 0 amide bonds. The number of nitrogens with two attached hydrogens (primary N) is 1. The van der Waals surface area contributed by atoms with Crippen molar-refractivity contribution < 1.29 is 9.15 Å². The highest BCUT2D eigenvalue weighted by Gasteiger charge is 2.06. The molecule has 0 saturated carbocycles. The van der Waals surface area contributed by atoms with Crippen molar-refractivity contribution in [3.05, 3.63) is 36.2 Å². The van der Waals surface area contributed by atoms with E-state index in [4.69, 9.17) is 14.9 Å². The summed E-state index contributed by atoms with van der Waals surface area (Å²) in [6.45, 7) is 0. The predicted octanol–water partition coefficient (Wildman–Crippen LogP) is 2.56. The average molecular weight is 236 g/mol. The second kappa shape index (κ2) is 4.94. The number of hydrogen-bond acceptors (Lipinski definition) is 5. The van der Waals surface area contributed by atoms with Gasteiger partial charge < -0.3 is 14.9 Å². The fraction of sp³-hybridized carbons (Fsp3) is 0.182. The lowest BCUT2D eigenvalue weighted by atomic mass is 10.2. The van der Waals surface area contributed by atoms with Crippen molar-refractivity contribution in [3.63, 3.8) is 0 Å². The second-order valence-electron chi connectivity index (χ2n) is 3.16. The van der Waals surface area contributed by atoms with E-state index in [-0.39, 0.29) is 0 Å². The van der Waals surface area contributed by atoms with Crippen molar-refractivity contribution in [1.29, 1.82) is 0 Å². The quantitative estimate of drug-likeness (QED) is 0.653. The van der Waals surface area contributed by atoms with Crippen molar-refractivity contribution in [3.8, 4) is 5.75 Å². The smallest absolute Gasteiger partial charge is 0.255 e. The molecule has 2 N–H and O–H groups in total. The summed E-state index contributed by atoms with van der Waals surface area (Å²) in [6, 6.07) is 5.61. The molecule has 84 valence electrons. The van der Waals surface area contributed by atoms with Crippen molar-refractivity contribution in [2.75, 3.05) is 12.8 Å². The molecule has 0 aliphatic heterocycles. The number of ether oxygens (including phenoxy) is 1. The first-order chi connectivity index (χ1) is 7.79. The predicted molar refractivity (Wildman–Crippen MR) is 63.5 cm³/mol. The first kappa shape index (κ1) is 10.9. The molecule has 4 nitrogen and oxygen atoms in total. The number of methoxy groups -OCH3 is 1. The van der Waals surface area contributed by atoms with Crippen LogP contribution in [0.4, 0.5) is 5.69 Å². The molecule has 2 rings (SSSR count). The van der Waals surface area contributed by atoms with Crippen molar-refractivity contribution in [2.45, 2.75) is 11.0 Å². The molecule has 1 heterocycles. The molecule has 0 bridgehead atoms. The van der Waals surface area contributed by atoms with Crippen LogP contribution in [0.2, 0.25) is 0 Å². The fourth-order valence-corrected chi connectivity index (χ4v) is 2.08. The van der Waals surface area contributed by atoms with Gasteiger partial charge in [0.1, 0.15) is 12.0 Å². The van der Waals surface area contributed by atoms with E-state index in [0.29, 0.717) is 10.9 Å². The summed E-state index contributed by atoms with van der Waals surface area (Å²) < 4.78 is 10.4. The highest BCUT2D eigenvalue weighted by atomic mass is 32.2. The molecule has 0 radical (unpaired) electrons. The van der Waals surface area contributed by atoms with Crippen LogP contribution in [-0.4, -0.2) is 12.1 Å². The van der Waals surface area contributed by atoms with E-state index in [0.717, 1.165) is 17.1 Å². The SMILES string of the molecule is COc1cc(N)ccc1CSc1ncco1. The van der Waals surface area contributed by atoms with Gasteiger partial charge in [-0.05, 0) is 6.07 Å². The molecule has 0 spiro atoms. The second-order valence-corrected chi connectivity index (χ2v) is 4.08. The number of nitrogens with zero attached hydrogens (tertiary/aromatic N) is 1. The topological polar surface area (TPSA) is 61.3 Å². The summed E-state index contributed by atoms with van der Waals surface area (Å²) in [4.78, 5) is 4.04. The lowest BCUT2D eigenvalue weighted by molar-refractivity contribution is 0.411. The van der Waals surface area contributed by atoms with Gasteiger partial charge in [0.15, 0.2) is 0 Å². The number of benzene rings is 1. The summed E-state index contributed by atoms with van der Waals surface area (Å²) in [6.07, 6.45) is 3.19. The van der Waals surface area contributed by atoms with Crippen LogP contribution < -0.4 is 10.5 Å². The summed E-state index contributed by atoms with van der Waals surface area (Å²) in [5.74, 6) is 1.53. The van der Waals surface area contributed by atoms with Crippen LogP contribution >= 0.6 is 11.8 Å². The van der Waals surface area contributed by atoms with Gasteiger partial charge in [-0.25, -0.2) is 4.98 Å². The minimum absolute atomic E-state index is 0.652. The Hall–Kier alpha value is -1.62. The summed E-state index contributed by atoms with van der Waals surface area (Å²) in [5, 5.41) is 0.652. The van der Waals surface area contributed by atoms with E-state index < -0.39 is 0 Å². The lowest BCUT2D eigenvalue weighted by Crippen LogP contribution is -1.93. The van der Waals surface area contributed by atoms with Crippen molar-refractivity contribution in [2.24, 2.45) is 0 Å². The van der Waals surface area contributed by atoms with Crippen LogP contribution in [0.25, 0.3) is 0 Å². The Bertz CT molecular complexity index is 457. The molecule has 0 aliphatic rings. The summed E-state index contributed by atoms with van der Waals surface area (Å²) >= 11 is 1.52. The van der Waals surface area contributed by atoms with E-state index in [1.54, 1.807) is 19.6 Å². The standard InChI is InChI=1S/C11H12N2O2S/c1-14-10-6-9(12)3-2-8(10)7-16-11-13-4-5-15-11/h2-6H,7,12H2,1H3. The molecule has 16 heavy (non-hydrogen) atoms. The normalized spacial score (nSPS) is 10.3. The van der Waals surface area contributed by atoms with E-state index >= 15 is 0 Å². The molecule has 2 aromatic rings. The molecule has 1 aromatic heterocycles.